The molecule has 0 unspecified atom stereocenters. The van der Waals surface area contributed by atoms with Gasteiger partial charge < -0.3 is 19.5 Å². The Labute approximate surface area is 151 Å². The Morgan fingerprint density at radius 2 is 2.04 bits per heavy atom. The summed E-state index contributed by atoms with van der Waals surface area (Å²) in [5, 5.41) is 11.4. The average molecular weight is 368 g/mol. The first kappa shape index (κ1) is 18.2. The minimum Gasteiger partial charge on any atom is -0.416 e. The smallest absolute Gasteiger partial charge is 0.277 e. The summed E-state index contributed by atoms with van der Waals surface area (Å²) in [7, 11) is 0. The number of quaternary nitrogens is 1. The first-order chi connectivity index (χ1) is 12.0. The second-order valence-electron chi connectivity index (χ2n) is 7.00. The molecule has 25 heavy (non-hydrogen) atoms. The highest BCUT2D eigenvalue weighted by atomic mass is 32.2. The normalized spacial score (nSPS) is 18.6. The van der Waals surface area contributed by atoms with Gasteiger partial charge in [-0.15, -0.1) is 10.2 Å². The van der Waals surface area contributed by atoms with Gasteiger partial charge in [0.05, 0.1) is 31.9 Å². The Bertz CT molecular complexity index is 609. The molecule has 0 bridgehead atoms. The lowest BCUT2D eigenvalue weighted by Gasteiger charge is -2.31. The van der Waals surface area contributed by atoms with Crippen molar-refractivity contribution >= 4 is 23.6 Å². The van der Waals surface area contributed by atoms with Crippen molar-refractivity contribution in [2.75, 3.05) is 38.5 Å². The molecule has 1 aromatic heterocycles. The second kappa shape index (κ2) is 8.18. The Balaban J connectivity index is 1.36. The summed E-state index contributed by atoms with van der Waals surface area (Å²) in [6, 6.07) is 0.164. The number of hydrogen-bond donors (Lipinski definition) is 2. The van der Waals surface area contributed by atoms with Crippen LogP contribution in [0.2, 0.25) is 0 Å². The van der Waals surface area contributed by atoms with Crippen molar-refractivity contribution in [3.05, 3.63) is 5.89 Å². The number of nitrogens with one attached hydrogen (secondary N) is 2. The molecule has 138 valence electrons. The maximum Gasteiger partial charge on any atom is 0.277 e. The number of thioether (sulfide) groups is 1. The molecule has 1 aliphatic carbocycles. The lowest BCUT2D eigenvalue weighted by molar-refractivity contribution is -0.896. The third-order valence-corrected chi connectivity index (χ3v) is 5.15. The van der Waals surface area contributed by atoms with E-state index in [-0.39, 0.29) is 17.9 Å². The van der Waals surface area contributed by atoms with Gasteiger partial charge in [0, 0.05) is 12.0 Å². The molecule has 2 N–H and O–H groups in total. The second-order valence-corrected chi connectivity index (χ2v) is 7.93. The lowest BCUT2D eigenvalue weighted by Crippen LogP contribution is -3.16. The summed E-state index contributed by atoms with van der Waals surface area (Å²) in [6.45, 7) is 7.35. The van der Waals surface area contributed by atoms with Gasteiger partial charge in [-0.1, -0.05) is 11.8 Å². The van der Waals surface area contributed by atoms with E-state index in [0.717, 1.165) is 25.9 Å². The molecule has 0 atom stereocenters. The van der Waals surface area contributed by atoms with Crippen LogP contribution in [0.1, 0.15) is 38.5 Å². The predicted octanol–water partition coefficient (Wildman–Crippen LogP) is -0.709. The highest BCUT2D eigenvalue weighted by Crippen LogP contribution is 2.39. The summed E-state index contributed by atoms with van der Waals surface area (Å²) in [5.41, 5.74) is 0. The standard InChI is InChI=1S/C16H25N5O3S/c1-11(2)17-13(22)9-20-5-7-21(8-6-20)14(23)10-25-16-19-18-15(24-16)12-3-4-12/h11-12H,3-10H2,1-2H3,(H,17,22)/p+1. The lowest BCUT2D eigenvalue weighted by atomic mass is 10.3. The van der Waals surface area contributed by atoms with Crippen LogP contribution in [0.4, 0.5) is 0 Å². The molecule has 0 radical (unpaired) electrons. The molecule has 2 aliphatic rings. The van der Waals surface area contributed by atoms with Crippen molar-refractivity contribution in [1.29, 1.82) is 0 Å². The first-order valence-electron chi connectivity index (χ1n) is 8.88. The van der Waals surface area contributed by atoms with E-state index in [1.165, 1.54) is 16.7 Å². The van der Waals surface area contributed by atoms with Gasteiger partial charge in [0.2, 0.25) is 11.8 Å². The van der Waals surface area contributed by atoms with Crippen molar-refractivity contribution in [3.8, 4) is 0 Å². The highest BCUT2D eigenvalue weighted by Gasteiger charge is 2.30. The SMILES string of the molecule is CC(C)NC(=O)C[NH+]1CCN(C(=O)CSc2nnc(C3CC3)o2)CC1. The summed E-state index contributed by atoms with van der Waals surface area (Å²) >= 11 is 1.30. The van der Waals surface area contributed by atoms with Crippen LogP contribution >= 0.6 is 11.8 Å². The molecule has 1 aliphatic heterocycles. The first-order valence-corrected chi connectivity index (χ1v) is 9.86. The van der Waals surface area contributed by atoms with Crippen LogP contribution in [-0.4, -0.2) is 71.4 Å². The van der Waals surface area contributed by atoms with Crippen molar-refractivity contribution < 1.29 is 18.9 Å². The number of carbonyl (C=O) groups excluding carboxylic acids is 2. The van der Waals surface area contributed by atoms with E-state index in [1.54, 1.807) is 0 Å². The van der Waals surface area contributed by atoms with Gasteiger partial charge in [-0.25, -0.2) is 0 Å². The molecule has 2 fully saturated rings. The number of rotatable bonds is 7. The molecule has 0 aromatic carbocycles. The minimum absolute atomic E-state index is 0.0724. The molecule has 1 saturated carbocycles. The van der Waals surface area contributed by atoms with E-state index in [2.05, 4.69) is 15.5 Å². The fourth-order valence-corrected chi connectivity index (χ4v) is 3.51. The Morgan fingerprint density at radius 1 is 1.32 bits per heavy atom. The number of nitrogens with zero attached hydrogens (tertiary/aromatic N) is 3. The fourth-order valence-electron chi connectivity index (χ4n) is 2.84. The molecule has 3 rings (SSSR count). The molecular formula is C16H26N5O3S+. The van der Waals surface area contributed by atoms with Gasteiger partial charge in [0.25, 0.3) is 11.1 Å². The maximum atomic E-state index is 12.3. The summed E-state index contributed by atoms with van der Waals surface area (Å²) in [6.07, 6.45) is 2.24. The largest absolute Gasteiger partial charge is 0.416 e. The minimum atomic E-state index is 0.0724. The quantitative estimate of drug-likeness (QED) is 0.618. The molecule has 1 saturated heterocycles. The van der Waals surface area contributed by atoms with E-state index in [9.17, 15) is 9.59 Å². The van der Waals surface area contributed by atoms with Crippen LogP contribution in [0.5, 0.6) is 0 Å². The van der Waals surface area contributed by atoms with Gasteiger partial charge in [-0.05, 0) is 26.7 Å². The molecule has 0 spiro atoms. The topological polar surface area (TPSA) is 92.8 Å². The number of hydrogen-bond acceptors (Lipinski definition) is 6. The zero-order valence-electron chi connectivity index (χ0n) is 14.8. The molecule has 1 aromatic rings. The Kier molecular flexibility index (Phi) is 5.95. The van der Waals surface area contributed by atoms with Crippen LogP contribution < -0.4 is 10.2 Å². The summed E-state index contributed by atoms with van der Waals surface area (Å²) < 4.78 is 5.56. The molecule has 8 nitrogen and oxygen atoms in total. The van der Waals surface area contributed by atoms with E-state index < -0.39 is 0 Å². The third kappa shape index (κ3) is 5.43. The summed E-state index contributed by atoms with van der Waals surface area (Å²) in [5.74, 6) is 1.61. The van der Waals surface area contributed by atoms with Crippen LogP contribution in [0.25, 0.3) is 0 Å². The van der Waals surface area contributed by atoms with Crippen LogP contribution in [-0.2, 0) is 9.59 Å². The molecule has 2 heterocycles. The maximum absolute atomic E-state index is 12.3. The molecular weight excluding hydrogens is 342 g/mol. The van der Waals surface area contributed by atoms with E-state index in [1.807, 2.05) is 18.7 Å². The number of carbonyl (C=O) groups is 2. The van der Waals surface area contributed by atoms with Gasteiger partial charge in [-0.2, -0.15) is 0 Å². The van der Waals surface area contributed by atoms with Gasteiger partial charge in [0.15, 0.2) is 6.54 Å². The number of amides is 2. The molecule has 2 amide bonds. The monoisotopic (exact) mass is 368 g/mol. The Morgan fingerprint density at radius 3 is 2.68 bits per heavy atom. The van der Waals surface area contributed by atoms with Crippen molar-refractivity contribution in [2.24, 2.45) is 0 Å². The van der Waals surface area contributed by atoms with Gasteiger partial charge in [0.1, 0.15) is 0 Å². The van der Waals surface area contributed by atoms with Crippen molar-refractivity contribution in [3.63, 3.8) is 0 Å². The van der Waals surface area contributed by atoms with Gasteiger partial charge in [-0.3, -0.25) is 9.59 Å². The van der Waals surface area contributed by atoms with Crippen molar-refractivity contribution in [1.82, 2.24) is 20.4 Å². The average Bonchev–Trinajstić information content (AvgIpc) is 3.31. The molecule has 9 heteroatoms. The van der Waals surface area contributed by atoms with E-state index in [0.29, 0.717) is 42.4 Å². The predicted molar refractivity (Wildman–Crippen MR) is 92.4 cm³/mol. The van der Waals surface area contributed by atoms with E-state index >= 15 is 0 Å². The fraction of sp³-hybridized carbons (Fsp3) is 0.750. The zero-order valence-corrected chi connectivity index (χ0v) is 15.6. The van der Waals surface area contributed by atoms with Crippen molar-refractivity contribution in [2.45, 2.75) is 43.9 Å². The summed E-state index contributed by atoms with van der Waals surface area (Å²) in [4.78, 5) is 27.2. The highest BCUT2D eigenvalue weighted by molar-refractivity contribution is 7.99. The van der Waals surface area contributed by atoms with Crippen LogP contribution in [0.15, 0.2) is 9.64 Å². The number of aromatic nitrogens is 2. The third-order valence-electron chi connectivity index (χ3n) is 4.35. The Hall–Kier alpha value is -1.61. The zero-order chi connectivity index (χ0) is 17.8. The van der Waals surface area contributed by atoms with Crippen LogP contribution in [0, 0.1) is 0 Å². The van der Waals surface area contributed by atoms with Gasteiger partial charge >= 0.3 is 0 Å². The van der Waals surface area contributed by atoms with Crippen LogP contribution in [0.3, 0.4) is 0 Å². The number of piperazine rings is 1. The van der Waals surface area contributed by atoms with E-state index in [4.69, 9.17) is 4.42 Å².